The number of Topliss-reactive ketones (excluding diaryl/α,β-unsaturated/α-hetero) is 1. The first-order valence-electron chi connectivity index (χ1n) is 9.01. The third-order valence-electron chi connectivity index (χ3n) is 4.70. The quantitative estimate of drug-likeness (QED) is 0.566. The Hall–Kier alpha value is -2.89. The van der Waals surface area contributed by atoms with Gasteiger partial charge >= 0.3 is 5.97 Å². The minimum Gasteiger partial charge on any atom is -0.451 e. The number of hydrogen-bond acceptors (Lipinski definition) is 4. The number of carbonyl (C=O) groups is 3. The van der Waals surface area contributed by atoms with Crippen LogP contribution in [-0.4, -0.2) is 29.3 Å². The minimum atomic E-state index is -0.662. The van der Waals surface area contributed by atoms with E-state index in [1.807, 2.05) is 24.3 Å². The molecule has 0 saturated heterocycles. The van der Waals surface area contributed by atoms with Crippen LogP contribution in [0.4, 0.5) is 5.69 Å². The highest BCUT2D eigenvalue weighted by molar-refractivity contribution is 6.01. The summed E-state index contributed by atoms with van der Waals surface area (Å²) < 4.78 is 5.08. The molecule has 0 radical (unpaired) electrons. The van der Waals surface area contributed by atoms with Gasteiger partial charge in [-0.3, -0.25) is 9.59 Å². The smallest absolute Gasteiger partial charge is 0.355 e. The van der Waals surface area contributed by atoms with E-state index in [4.69, 9.17) is 4.74 Å². The standard InChI is InChI=1S/C21H26N2O4/c1-6-12(2)16-7-9-17(10-8-16)23-18(25)11-27-21(26)20-13(3)19(15(5)24)14(4)22-20/h7-10,12,22H,6,11H2,1-5H3,(H,23,25)/t12-/m0/s1. The molecular formula is C21H26N2O4. The number of carbonyl (C=O) groups excluding carboxylic acids is 3. The van der Waals surface area contributed by atoms with E-state index in [2.05, 4.69) is 24.1 Å². The van der Waals surface area contributed by atoms with Crippen molar-refractivity contribution in [1.29, 1.82) is 0 Å². The van der Waals surface area contributed by atoms with Gasteiger partial charge < -0.3 is 15.0 Å². The Balaban J connectivity index is 1.95. The molecule has 1 amide bonds. The van der Waals surface area contributed by atoms with Gasteiger partial charge in [-0.05, 0) is 56.4 Å². The molecule has 2 N–H and O–H groups in total. The van der Waals surface area contributed by atoms with Gasteiger partial charge in [0.2, 0.25) is 0 Å². The van der Waals surface area contributed by atoms with Gasteiger partial charge in [0.05, 0.1) is 0 Å². The molecular weight excluding hydrogens is 344 g/mol. The zero-order valence-electron chi connectivity index (χ0n) is 16.4. The molecule has 0 saturated carbocycles. The number of ether oxygens (including phenoxy) is 1. The van der Waals surface area contributed by atoms with Crippen LogP contribution in [0.15, 0.2) is 24.3 Å². The van der Waals surface area contributed by atoms with Crippen molar-refractivity contribution in [2.45, 2.75) is 47.0 Å². The molecule has 0 aliphatic heterocycles. The van der Waals surface area contributed by atoms with Gasteiger partial charge in [-0.1, -0.05) is 26.0 Å². The molecule has 1 atom stereocenters. The van der Waals surface area contributed by atoms with Crippen molar-refractivity contribution in [1.82, 2.24) is 4.98 Å². The van der Waals surface area contributed by atoms with E-state index in [-0.39, 0.29) is 11.5 Å². The van der Waals surface area contributed by atoms with Crippen LogP contribution >= 0.6 is 0 Å². The zero-order chi connectivity index (χ0) is 20.1. The second kappa shape index (κ2) is 8.66. The van der Waals surface area contributed by atoms with Gasteiger partial charge in [0.1, 0.15) is 5.69 Å². The molecule has 6 nitrogen and oxygen atoms in total. The number of anilines is 1. The number of aromatic nitrogens is 1. The molecule has 2 aromatic rings. The van der Waals surface area contributed by atoms with Crippen molar-refractivity contribution in [2.75, 3.05) is 11.9 Å². The van der Waals surface area contributed by atoms with Crippen LogP contribution in [0.25, 0.3) is 0 Å². The normalized spacial score (nSPS) is 11.7. The van der Waals surface area contributed by atoms with Crippen molar-refractivity contribution in [2.24, 2.45) is 0 Å². The van der Waals surface area contributed by atoms with E-state index in [0.717, 1.165) is 6.42 Å². The van der Waals surface area contributed by atoms with Gasteiger partial charge in [0, 0.05) is 16.9 Å². The van der Waals surface area contributed by atoms with Gasteiger partial charge in [-0.15, -0.1) is 0 Å². The molecule has 144 valence electrons. The number of amides is 1. The lowest BCUT2D eigenvalue weighted by Crippen LogP contribution is -2.21. The summed E-state index contributed by atoms with van der Waals surface area (Å²) in [7, 11) is 0. The van der Waals surface area contributed by atoms with Crippen molar-refractivity contribution in [3.05, 3.63) is 52.3 Å². The average Bonchev–Trinajstić information content (AvgIpc) is 2.94. The van der Waals surface area contributed by atoms with Gasteiger partial charge in [0.25, 0.3) is 5.91 Å². The molecule has 0 aliphatic carbocycles. The predicted molar refractivity (Wildman–Crippen MR) is 104 cm³/mol. The maximum absolute atomic E-state index is 12.2. The highest BCUT2D eigenvalue weighted by Crippen LogP contribution is 2.21. The number of ketones is 1. The summed E-state index contributed by atoms with van der Waals surface area (Å²) in [5.41, 5.74) is 3.68. The molecule has 27 heavy (non-hydrogen) atoms. The lowest BCUT2D eigenvalue weighted by Gasteiger charge is -2.10. The summed E-state index contributed by atoms with van der Waals surface area (Å²) in [5, 5.41) is 2.70. The summed E-state index contributed by atoms with van der Waals surface area (Å²) in [6.45, 7) is 8.71. The van der Waals surface area contributed by atoms with Gasteiger partial charge in [-0.2, -0.15) is 0 Å². The van der Waals surface area contributed by atoms with E-state index in [1.54, 1.807) is 13.8 Å². The van der Waals surface area contributed by atoms with Crippen LogP contribution in [0.5, 0.6) is 0 Å². The Morgan fingerprint density at radius 1 is 1.15 bits per heavy atom. The molecule has 2 rings (SSSR count). The summed E-state index contributed by atoms with van der Waals surface area (Å²) in [5.74, 6) is -0.750. The molecule has 0 aliphatic rings. The van der Waals surface area contributed by atoms with Gasteiger partial charge in [-0.25, -0.2) is 4.79 Å². The fourth-order valence-corrected chi connectivity index (χ4v) is 3.01. The lowest BCUT2D eigenvalue weighted by molar-refractivity contribution is -0.119. The fraction of sp³-hybridized carbons (Fsp3) is 0.381. The van der Waals surface area contributed by atoms with Crippen molar-refractivity contribution < 1.29 is 19.1 Å². The number of aryl methyl sites for hydroxylation is 1. The molecule has 0 spiro atoms. The summed E-state index contributed by atoms with van der Waals surface area (Å²) in [6.07, 6.45) is 1.05. The summed E-state index contributed by atoms with van der Waals surface area (Å²) in [6, 6.07) is 7.62. The van der Waals surface area contributed by atoms with Crippen molar-refractivity contribution in [3.63, 3.8) is 0 Å². The lowest BCUT2D eigenvalue weighted by atomic mass is 9.99. The number of H-pyrrole nitrogens is 1. The van der Waals surface area contributed by atoms with Crippen LogP contribution in [-0.2, 0) is 9.53 Å². The second-order valence-electron chi connectivity index (χ2n) is 6.74. The van der Waals surface area contributed by atoms with Crippen LogP contribution in [0.2, 0.25) is 0 Å². The Kier molecular flexibility index (Phi) is 6.55. The topological polar surface area (TPSA) is 88.3 Å². The average molecular weight is 370 g/mol. The van der Waals surface area contributed by atoms with E-state index in [0.29, 0.717) is 28.4 Å². The molecule has 1 aromatic heterocycles. The molecule has 1 heterocycles. The maximum Gasteiger partial charge on any atom is 0.355 e. The third-order valence-corrected chi connectivity index (χ3v) is 4.70. The fourth-order valence-electron chi connectivity index (χ4n) is 3.01. The minimum absolute atomic E-state index is 0.126. The monoisotopic (exact) mass is 370 g/mol. The van der Waals surface area contributed by atoms with E-state index in [1.165, 1.54) is 12.5 Å². The molecule has 6 heteroatoms. The van der Waals surface area contributed by atoms with Crippen molar-refractivity contribution >= 4 is 23.3 Å². The second-order valence-corrected chi connectivity index (χ2v) is 6.74. The Morgan fingerprint density at radius 3 is 2.30 bits per heavy atom. The maximum atomic E-state index is 12.2. The Bertz CT molecular complexity index is 850. The number of aromatic amines is 1. The molecule has 1 aromatic carbocycles. The SMILES string of the molecule is CC[C@H](C)c1ccc(NC(=O)COC(=O)c2[nH]c(C)c(C(C)=O)c2C)cc1. The van der Waals surface area contributed by atoms with Crippen LogP contribution in [0.3, 0.4) is 0 Å². The highest BCUT2D eigenvalue weighted by Gasteiger charge is 2.21. The van der Waals surface area contributed by atoms with E-state index >= 15 is 0 Å². The zero-order valence-corrected chi connectivity index (χ0v) is 16.4. The number of hydrogen-bond donors (Lipinski definition) is 2. The first-order chi connectivity index (χ1) is 12.7. The third kappa shape index (κ3) is 4.84. The van der Waals surface area contributed by atoms with Crippen molar-refractivity contribution in [3.8, 4) is 0 Å². The highest BCUT2D eigenvalue weighted by atomic mass is 16.5. The Morgan fingerprint density at radius 2 is 1.78 bits per heavy atom. The van der Waals surface area contributed by atoms with Crippen LogP contribution in [0.1, 0.15) is 70.8 Å². The predicted octanol–water partition coefficient (Wildman–Crippen LogP) is 4.14. The summed E-state index contributed by atoms with van der Waals surface area (Å²) in [4.78, 5) is 38.8. The van der Waals surface area contributed by atoms with Gasteiger partial charge in [0.15, 0.2) is 12.4 Å². The van der Waals surface area contributed by atoms with E-state index < -0.39 is 18.5 Å². The molecule has 0 bridgehead atoms. The number of nitrogens with one attached hydrogen (secondary N) is 2. The van der Waals surface area contributed by atoms with E-state index in [9.17, 15) is 14.4 Å². The van der Waals surface area contributed by atoms with Crippen LogP contribution in [0, 0.1) is 13.8 Å². The first kappa shape index (κ1) is 20.4. The van der Waals surface area contributed by atoms with Crippen LogP contribution < -0.4 is 5.32 Å². The number of benzene rings is 1. The largest absolute Gasteiger partial charge is 0.451 e. The first-order valence-corrected chi connectivity index (χ1v) is 9.01. The number of esters is 1. The number of rotatable bonds is 7. The Labute approximate surface area is 159 Å². The molecule has 0 fully saturated rings. The summed E-state index contributed by atoms with van der Waals surface area (Å²) >= 11 is 0. The molecule has 0 unspecified atom stereocenters.